The maximum absolute atomic E-state index is 10.3. The van der Waals surface area contributed by atoms with E-state index in [4.69, 9.17) is 15.3 Å². The van der Waals surface area contributed by atoms with Crippen LogP contribution < -0.4 is 16.3 Å². The number of hydrogen-bond donors (Lipinski definition) is 3. The second-order valence-electron chi connectivity index (χ2n) is 3.92. The number of aromatic hydroxyl groups is 3. The molecule has 3 aromatic heterocycles. The Bertz CT molecular complexity index is 804. The van der Waals surface area contributed by atoms with Gasteiger partial charge in [-0.3, -0.25) is 14.4 Å². The summed E-state index contributed by atoms with van der Waals surface area (Å²) in [5, 5.41) is 25.5. The first kappa shape index (κ1) is 22.1. The first-order valence-corrected chi connectivity index (χ1v) is 6.18. The van der Waals surface area contributed by atoms with Gasteiger partial charge in [-0.05, 0) is 0 Å². The largest absolute Gasteiger partial charge is 0.502 e. The van der Waals surface area contributed by atoms with Gasteiger partial charge in [-0.25, -0.2) is 0 Å². The zero-order valence-corrected chi connectivity index (χ0v) is 15.9. The summed E-state index contributed by atoms with van der Waals surface area (Å²) >= 11 is 0. The van der Waals surface area contributed by atoms with E-state index in [9.17, 15) is 14.4 Å². The van der Waals surface area contributed by atoms with Crippen molar-refractivity contribution in [3.8, 4) is 17.2 Å². The van der Waals surface area contributed by atoms with Crippen LogP contribution in [0.5, 0.6) is 17.2 Å². The van der Waals surface area contributed by atoms with Gasteiger partial charge in [0.05, 0.1) is 18.8 Å². The van der Waals surface area contributed by atoms with E-state index in [-0.39, 0.29) is 43.1 Å². The molecular formula is C15H12InO9. The van der Waals surface area contributed by atoms with Crippen LogP contribution in [-0.4, -0.2) is 41.2 Å². The van der Waals surface area contributed by atoms with Crippen molar-refractivity contribution < 1.29 is 28.6 Å². The third kappa shape index (κ3) is 8.51. The standard InChI is InChI=1S/3C5H4O3.In/c3*6-4-1-2-8-3-5(4)7;/h3*1-3,7H;. The Morgan fingerprint density at radius 1 is 0.560 bits per heavy atom. The Morgan fingerprint density at radius 3 is 0.920 bits per heavy atom. The van der Waals surface area contributed by atoms with E-state index >= 15 is 0 Å². The summed E-state index contributed by atoms with van der Waals surface area (Å²) in [4.78, 5) is 30.9. The average Bonchev–Trinajstić information content (AvgIpc) is 2.57. The van der Waals surface area contributed by atoms with Gasteiger partial charge in [-0.2, -0.15) is 0 Å². The van der Waals surface area contributed by atoms with E-state index < -0.39 is 16.3 Å². The second-order valence-corrected chi connectivity index (χ2v) is 3.92. The molecule has 3 radical (unpaired) electrons. The van der Waals surface area contributed by atoms with Gasteiger partial charge in [0.2, 0.25) is 16.3 Å². The SMILES string of the molecule is O=c1ccocc1O.O=c1ccocc1O.O=c1ccocc1O.[In]. The monoisotopic (exact) mass is 451 g/mol. The number of hydrogen-bond acceptors (Lipinski definition) is 9. The van der Waals surface area contributed by atoms with Crippen molar-refractivity contribution in [3.05, 3.63) is 86.4 Å². The molecule has 0 bridgehead atoms. The molecule has 3 aromatic rings. The van der Waals surface area contributed by atoms with Gasteiger partial charge in [0, 0.05) is 44.0 Å². The molecule has 0 spiro atoms. The summed E-state index contributed by atoms with van der Waals surface area (Å²) in [6.45, 7) is 0. The Labute approximate surface area is 158 Å². The zero-order valence-electron chi connectivity index (χ0n) is 12.6. The van der Waals surface area contributed by atoms with Gasteiger partial charge < -0.3 is 28.6 Å². The van der Waals surface area contributed by atoms with E-state index in [0.29, 0.717) is 0 Å². The van der Waals surface area contributed by atoms with Crippen molar-refractivity contribution in [1.29, 1.82) is 0 Å². The predicted molar refractivity (Wildman–Crippen MR) is 85.7 cm³/mol. The van der Waals surface area contributed by atoms with Gasteiger partial charge >= 0.3 is 0 Å². The zero-order chi connectivity index (χ0) is 17.9. The molecule has 0 aromatic carbocycles. The van der Waals surface area contributed by atoms with E-state index in [0.717, 1.165) is 37.0 Å². The van der Waals surface area contributed by atoms with Gasteiger partial charge in [0.1, 0.15) is 18.8 Å². The quantitative estimate of drug-likeness (QED) is 0.448. The van der Waals surface area contributed by atoms with Crippen molar-refractivity contribution in [2.45, 2.75) is 0 Å². The Hall–Kier alpha value is -2.88. The van der Waals surface area contributed by atoms with Crippen molar-refractivity contribution in [2.24, 2.45) is 0 Å². The number of rotatable bonds is 0. The summed E-state index contributed by atoms with van der Waals surface area (Å²) in [5.41, 5.74) is -1.26. The molecule has 0 saturated heterocycles. The van der Waals surface area contributed by atoms with Crippen molar-refractivity contribution in [3.63, 3.8) is 0 Å². The smallest absolute Gasteiger partial charge is 0.226 e. The van der Waals surface area contributed by atoms with E-state index in [1.165, 1.54) is 18.8 Å². The third-order valence-corrected chi connectivity index (χ3v) is 2.19. The Balaban J connectivity index is 0.000000339. The van der Waals surface area contributed by atoms with E-state index in [2.05, 4.69) is 13.3 Å². The fraction of sp³-hybridized carbons (Fsp3) is 0. The van der Waals surface area contributed by atoms with Crippen LogP contribution in [0.4, 0.5) is 0 Å². The van der Waals surface area contributed by atoms with Crippen LogP contribution in [0, 0.1) is 0 Å². The normalized spacial score (nSPS) is 8.64. The minimum absolute atomic E-state index is 0. The summed E-state index contributed by atoms with van der Waals surface area (Å²) in [6.07, 6.45) is 6.60. The molecule has 0 aliphatic rings. The Morgan fingerprint density at radius 2 is 0.800 bits per heavy atom. The molecule has 0 saturated carbocycles. The molecular weight excluding hydrogens is 439 g/mol. The molecule has 0 unspecified atom stereocenters. The van der Waals surface area contributed by atoms with Crippen molar-refractivity contribution in [2.75, 3.05) is 0 Å². The first-order chi connectivity index (χ1) is 11.4. The molecule has 0 atom stereocenters. The van der Waals surface area contributed by atoms with Crippen LogP contribution in [0.3, 0.4) is 0 Å². The summed E-state index contributed by atoms with van der Waals surface area (Å²) in [7, 11) is 0. The van der Waals surface area contributed by atoms with Gasteiger partial charge in [-0.1, -0.05) is 0 Å². The molecule has 0 fully saturated rings. The molecule has 129 valence electrons. The molecule has 0 aliphatic heterocycles. The fourth-order valence-corrected chi connectivity index (χ4v) is 1.04. The van der Waals surface area contributed by atoms with Crippen LogP contribution in [0.2, 0.25) is 0 Å². The minimum Gasteiger partial charge on any atom is -0.502 e. The van der Waals surface area contributed by atoms with Gasteiger partial charge in [0.15, 0.2) is 17.2 Å². The summed E-state index contributed by atoms with van der Waals surface area (Å²) < 4.78 is 13.3. The Kier molecular flexibility index (Phi) is 10.3. The summed E-state index contributed by atoms with van der Waals surface area (Å²) in [6, 6.07) is 3.44. The topological polar surface area (TPSA) is 151 Å². The molecule has 3 rings (SSSR count). The summed E-state index contributed by atoms with van der Waals surface area (Å²) in [5.74, 6) is -1.06. The third-order valence-electron chi connectivity index (χ3n) is 2.19. The molecule has 9 nitrogen and oxygen atoms in total. The fourth-order valence-electron chi connectivity index (χ4n) is 1.04. The predicted octanol–water partition coefficient (Wildman–Crippen LogP) is 0.655. The maximum Gasteiger partial charge on any atom is 0.226 e. The maximum atomic E-state index is 10.3. The van der Waals surface area contributed by atoms with Crippen molar-refractivity contribution >= 4 is 25.8 Å². The molecule has 3 heterocycles. The second kappa shape index (κ2) is 11.6. The molecule has 10 heteroatoms. The molecule has 25 heavy (non-hydrogen) atoms. The first-order valence-electron chi connectivity index (χ1n) is 6.18. The van der Waals surface area contributed by atoms with Crippen LogP contribution in [0.15, 0.2) is 83.4 Å². The van der Waals surface area contributed by atoms with Gasteiger partial charge in [-0.15, -0.1) is 0 Å². The minimum atomic E-state index is -0.420. The van der Waals surface area contributed by atoms with Crippen molar-refractivity contribution in [1.82, 2.24) is 0 Å². The van der Waals surface area contributed by atoms with Gasteiger partial charge in [0.25, 0.3) is 0 Å². The van der Waals surface area contributed by atoms with E-state index in [1.54, 1.807) is 0 Å². The molecule has 0 aliphatic carbocycles. The molecule has 3 N–H and O–H groups in total. The van der Waals surface area contributed by atoms with Crippen LogP contribution in [0.25, 0.3) is 0 Å². The average molecular weight is 451 g/mol. The van der Waals surface area contributed by atoms with Crippen LogP contribution >= 0.6 is 0 Å². The molecule has 0 amide bonds. The van der Waals surface area contributed by atoms with Crippen LogP contribution in [0.1, 0.15) is 0 Å². The van der Waals surface area contributed by atoms with Crippen LogP contribution in [-0.2, 0) is 0 Å². The van der Waals surface area contributed by atoms with E-state index in [1.807, 2.05) is 0 Å².